The molecule has 1 unspecified atom stereocenters. The minimum absolute atomic E-state index is 0.00917. The van der Waals surface area contributed by atoms with Gasteiger partial charge in [0.25, 0.3) is 0 Å². The third kappa shape index (κ3) is 2.62. The predicted octanol–water partition coefficient (Wildman–Crippen LogP) is 1.00. The summed E-state index contributed by atoms with van der Waals surface area (Å²) < 4.78 is 0. The van der Waals surface area contributed by atoms with E-state index in [4.69, 9.17) is 18.0 Å². The van der Waals surface area contributed by atoms with Gasteiger partial charge in [-0.25, -0.2) is 0 Å². The van der Waals surface area contributed by atoms with E-state index in [0.29, 0.717) is 0 Å². The fraction of sp³-hybridized carbons (Fsp3) is 0.857. The second-order valence-corrected chi connectivity index (χ2v) is 2.72. The maximum absolute atomic E-state index is 5.61. The van der Waals surface area contributed by atoms with Crippen LogP contribution in [0.4, 0.5) is 0 Å². The van der Waals surface area contributed by atoms with Crippen molar-refractivity contribution in [1.29, 1.82) is 0 Å². The van der Waals surface area contributed by atoms with Crippen molar-refractivity contribution in [3.8, 4) is 0 Å². The molecule has 0 fully saturated rings. The van der Waals surface area contributed by atoms with Crippen LogP contribution >= 0.6 is 12.2 Å². The lowest BCUT2D eigenvalue weighted by Crippen LogP contribution is -2.40. The highest BCUT2D eigenvalue weighted by atomic mass is 32.1. The summed E-state index contributed by atoms with van der Waals surface area (Å²) in [7, 11) is 0. The highest BCUT2D eigenvalue weighted by molar-refractivity contribution is 7.80. The van der Waals surface area contributed by atoms with Gasteiger partial charge in [-0.05, 0) is 20.8 Å². The molecule has 0 aliphatic carbocycles. The van der Waals surface area contributed by atoms with Gasteiger partial charge in [0, 0.05) is 13.1 Å². The van der Waals surface area contributed by atoms with Gasteiger partial charge in [0.2, 0.25) is 0 Å². The van der Waals surface area contributed by atoms with Crippen molar-refractivity contribution in [2.24, 2.45) is 5.73 Å². The molecule has 0 saturated heterocycles. The molecule has 10 heavy (non-hydrogen) atoms. The van der Waals surface area contributed by atoms with Gasteiger partial charge in [0.1, 0.15) is 0 Å². The van der Waals surface area contributed by atoms with Crippen LogP contribution in [0.2, 0.25) is 0 Å². The van der Waals surface area contributed by atoms with Gasteiger partial charge in [-0.2, -0.15) is 0 Å². The van der Waals surface area contributed by atoms with Crippen molar-refractivity contribution in [1.82, 2.24) is 4.90 Å². The molecule has 2 nitrogen and oxygen atoms in total. The molecule has 0 amide bonds. The molecule has 0 rings (SSSR count). The van der Waals surface area contributed by atoms with Crippen molar-refractivity contribution in [2.75, 3.05) is 13.1 Å². The molecule has 60 valence electrons. The summed E-state index contributed by atoms with van der Waals surface area (Å²) in [5.41, 5.74) is 5.61. The Morgan fingerprint density at radius 3 is 2.00 bits per heavy atom. The second-order valence-electron chi connectivity index (χ2n) is 2.30. The maximum Gasteiger partial charge on any atom is 0.0946 e. The number of nitrogens with zero attached hydrogens (tertiary/aromatic N) is 1. The first-order valence-corrected chi connectivity index (χ1v) is 4.08. The zero-order valence-electron chi connectivity index (χ0n) is 6.92. The zero-order valence-corrected chi connectivity index (χ0v) is 7.74. The molecule has 1 atom stereocenters. The molecular weight excluding hydrogens is 144 g/mol. The van der Waals surface area contributed by atoms with Gasteiger partial charge in [0.05, 0.1) is 11.0 Å². The number of hydrogen-bond donors (Lipinski definition) is 1. The van der Waals surface area contributed by atoms with E-state index in [9.17, 15) is 0 Å². The van der Waals surface area contributed by atoms with E-state index in [2.05, 4.69) is 18.7 Å². The lowest BCUT2D eigenvalue weighted by Gasteiger charge is -2.23. The summed E-state index contributed by atoms with van der Waals surface area (Å²) in [5, 5.41) is 0. The van der Waals surface area contributed by atoms with Gasteiger partial charge in [-0.15, -0.1) is 0 Å². The van der Waals surface area contributed by atoms with Crippen LogP contribution in [0.3, 0.4) is 0 Å². The molecule has 0 bridgehead atoms. The average Bonchev–Trinajstić information content (AvgIpc) is 1.90. The topological polar surface area (TPSA) is 29.3 Å². The molecule has 0 heterocycles. The summed E-state index contributed by atoms with van der Waals surface area (Å²) in [6.45, 7) is 7.99. The normalized spacial score (nSPS) is 12.8. The quantitative estimate of drug-likeness (QED) is 0.625. The molecule has 0 aliphatic rings. The maximum atomic E-state index is 5.61. The first-order chi connectivity index (χ1) is 4.63. The minimum atomic E-state index is 0.00917. The number of rotatable bonds is 3. The van der Waals surface area contributed by atoms with Gasteiger partial charge in [-0.1, -0.05) is 12.2 Å². The highest BCUT2D eigenvalue weighted by Gasteiger charge is 2.08. The number of thiocarbonyl (C=S) groups is 1. The molecule has 0 aliphatic heterocycles. The highest BCUT2D eigenvalue weighted by Crippen LogP contribution is 1.94. The van der Waals surface area contributed by atoms with E-state index >= 15 is 0 Å². The first-order valence-electron chi connectivity index (χ1n) is 3.67. The molecule has 3 heteroatoms. The Bertz CT molecular complexity index is 108. The lowest BCUT2D eigenvalue weighted by molar-refractivity contribution is 0.459. The Hall–Kier alpha value is -0.150. The van der Waals surface area contributed by atoms with E-state index < -0.39 is 0 Å². The largest absolute Gasteiger partial charge is 0.365 e. The van der Waals surface area contributed by atoms with Crippen molar-refractivity contribution < 1.29 is 0 Å². The van der Waals surface area contributed by atoms with E-state index in [1.807, 2.05) is 6.92 Å². The number of hydrogen-bond acceptors (Lipinski definition) is 2. The summed E-state index contributed by atoms with van der Waals surface area (Å²) in [4.78, 5) is 2.96. The van der Waals surface area contributed by atoms with Crippen LogP contribution in [0.15, 0.2) is 0 Å². The van der Waals surface area contributed by atoms with Gasteiger partial charge in [-0.3, -0.25) is 0 Å². The summed E-state index contributed by atoms with van der Waals surface area (Å²) in [6.07, 6.45) is 0. The van der Waals surface area contributed by atoms with Gasteiger partial charge in [0.15, 0.2) is 0 Å². The summed E-state index contributed by atoms with van der Waals surface area (Å²) in [5.74, 6) is 0. The van der Waals surface area contributed by atoms with E-state index in [-0.39, 0.29) is 6.04 Å². The average molecular weight is 160 g/mol. The SMILES string of the molecule is CCN(CC)C(=S)C(C)N. The smallest absolute Gasteiger partial charge is 0.0946 e. The van der Waals surface area contributed by atoms with Crippen LogP contribution in [-0.2, 0) is 0 Å². The van der Waals surface area contributed by atoms with Gasteiger partial charge >= 0.3 is 0 Å². The van der Waals surface area contributed by atoms with Crippen molar-refractivity contribution in [3.05, 3.63) is 0 Å². The molecule has 0 spiro atoms. The Kier molecular flexibility index (Phi) is 4.56. The second kappa shape index (κ2) is 4.63. The van der Waals surface area contributed by atoms with Crippen molar-refractivity contribution in [2.45, 2.75) is 26.8 Å². The molecule has 0 aromatic rings. The third-order valence-corrected chi connectivity index (χ3v) is 2.09. The van der Waals surface area contributed by atoms with Crippen LogP contribution in [0.25, 0.3) is 0 Å². The van der Waals surface area contributed by atoms with E-state index in [0.717, 1.165) is 18.1 Å². The van der Waals surface area contributed by atoms with Crippen molar-refractivity contribution in [3.63, 3.8) is 0 Å². The molecule has 0 radical (unpaired) electrons. The van der Waals surface area contributed by atoms with Crippen LogP contribution < -0.4 is 5.73 Å². The van der Waals surface area contributed by atoms with E-state index in [1.165, 1.54) is 0 Å². The standard InChI is InChI=1S/C7H16N2S/c1-4-9(5-2)7(10)6(3)8/h6H,4-5,8H2,1-3H3. The Morgan fingerprint density at radius 1 is 1.50 bits per heavy atom. The van der Waals surface area contributed by atoms with Gasteiger partial charge < -0.3 is 10.6 Å². The van der Waals surface area contributed by atoms with E-state index in [1.54, 1.807) is 0 Å². The molecule has 0 aromatic carbocycles. The molecule has 0 aromatic heterocycles. The molecular formula is C7H16N2S. The molecule has 0 saturated carbocycles. The Balaban J connectivity index is 3.89. The van der Waals surface area contributed by atoms with Crippen LogP contribution in [0, 0.1) is 0 Å². The molecule has 2 N–H and O–H groups in total. The Labute approximate surface area is 68.4 Å². The number of likely N-dealkylation sites (N-methyl/N-ethyl adjacent to an activating group) is 1. The number of nitrogens with two attached hydrogens (primary N) is 1. The zero-order chi connectivity index (χ0) is 8.15. The predicted molar refractivity (Wildman–Crippen MR) is 49.2 cm³/mol. The first kappa shape index (κ1) is 9.85. The fourth-order valence-electron chi connectivity index (χ4n) is 0.823. The van der Waals surface area contributed by atoms with Crippen LogP contribution in [-0.4, -0.2) is 29.0 Å². The minimum Gasteiger partial charge on any atom is -0.365 e. The monoisotopic (exact) mass is 160 g/mol. The third-order valence-electron chi connectivity index (χ3n) is 1.46. The van der Waals surface area contributed by atoms with Crippen molar-refractivity contribution >= 4 is 17.2 Å². The Morgan fingerprint density at radius 2 is 1.90 bits per heavy atom. The summed E-state index contributed by atoms with van der Waals surface area (Å²) >= 11 is 5.10. The van der Waals surface area contributed by atoms with Crippen LogP contribution in [0.1, 0.15) is 20.8 Å². The van der Waals surface area contributed by atoms with Crippen LogP contribution in [0.5, 0.6) is 0 Å². The summed E-state index contributed by atoms with van der Waals surface area (Å²) in [6, 6.07) is 0.00917. The fourth-order valence-corrected chi connectivity index (χ4v) is 1.08. The lowest BCUT2D eigenvalue weighted by atomic mass is 10.3.